The lowest BCUT2D eigenvalue weighted by Gasteiger charge is -2.36. The summed E-state index contributed by atoms with van der Waals surface area (Å²) in [7, 11) is 0. The van der Waals surface area contributed by atoms with Gasteiger partial charge < -0.3 is 30.9 Å². The number of nitrogens with zero attached hydrogens (tertiary/aromatic N) is 7. The van der Waals surface area contributed by atoms with E-state index in [0.717, 1.165) is 56.4 Å². The first-order valence-electron chi connectivity index (χ1n) is 14.5. The number of anilines is 3. The highest BCUT2D eigenvalue weighted by Crippen LogP contribution is 2.34. The van der Waals surface area contributed by atoms with Crippen molar-refractivity contribution in [2.45, 2.75) is 13.3 Å². The number of hydrogen-bond acceptors (Lipinski definition) is 10. The van der Waals surface area contributed by atoms with Crippen molar-refractivity contribution in [2.24, 2.45) is 0 Å². The van der Waals surface area contributed by atoms with Crippen molar-refractivity contribution in [1.29, 1.82) is 0 Å². The van der Waals surface area contributed by atoms with E-state index in [9.17, 15) is 14.0 Å². The smallest absolute Gasteiger partial charge is 0.273 e. The minimum Gasteiger partial charge on any atom is -0.395 e. The van der Waals surface area contributed by atoms with Gasteiger partial charge in [0, 0.05) is 45.8 Å². The summed E-state index contributed by atoms with van der Waals surface area (Å²) in [6.07, 6.45) is 2.08. The maximum absolute atomic E-state index is 16.3. The first-order valence-corrected chi connectivity index (χ1v) is 14.9. The zero-order chi connectivity index (χ0) is 31.2. The highest BCUT2D eigenvalue weighted by atomic mass is 35.5. The van der Waals surface area contributed by atoms with Gasteiger partial charge in [-0.3, -0.25) is 14.5 Å². The van der Waals surface area contributed by atoms with E-state index < -0.39 is 28.7 Å². The Balaban J connectivity index is 1.36. The second-order valence-corrected chi connectivity index (χ2v) is 10.8. The predicted octanol–water partition coefficient (Wildman–Crippen LogP) is 2.02. The van der Waals surface area contributed by atoms with E-state index in [4.69, 9.17) is 22.1 Å². The van der Waals surface area contributed by atoms with Crippen molar-refractivity contribution >= 4 is 40.5 Å². The summed E-state index contributed by atoms with van der Waals surface area (Å²) in [5, 5.41) is 12.9. The van der Waals surface area contributed by atoms with Crippen LogP contribution in [-0.2, 0) is 4.74 Å². The molecule has 4 heterocycles. The number of ether oxygens (including phenoxy) is 1. The number of amides is 2. The molecule has 0 aliphatic carbocycles. The van der Waals surface area contributed by atoms with Crippen LogP contribution in [0.5, 0.6) is 0 Å². The molecule has 44 heavy (non-hydrogen) atoms. The van der Waals surface area contributed by atoms with Gasteiger partial charge in [-0.15, -0.1) is 5.10 Å². The molecule has 2 aliphatic heterocycles. The van der Waals surface area contributed by atoms with Crippen molar-refractivity contribution in [3.63, 3.8) is 0 Å². The Labute approximate surface area is 258 Å². The lowest BCUT2D eigenvalue weighted by atomic mass is 10.1. The highest BCUT2D eigenvalue weighted by molar-refractivity contribution is 6.33. The Morgan fingerprint density at radius 1 is 1.05 bits per heavy atom. The third kappa shape index (κ3) is 7.23. The second kappa shape index (κ2) is 14.2. The quantitative estimate of drug-likeness (QED) is 0.224. The second-order valence-electron chi connectivity index (χ2n) is 10.5. The molecule has 13 nitrogen and oxygen atoms in total. The van der Waals surface area contributed by atoms with Crippen molar-refractivity contribution < 1.29 is 23.1 Å². The summed E-state index contributed by atoms with van der Waals surface area (Å²) in [6.45, 7) is 10.1. The van der Waals surface area contributed by atoms with Gasteiger partial charge in [0.05, 0.1) is 36.3 Å². The number of nitrogens with one attached hydrogen (secondary N) is 2. The number of halogens is 3. The number of hydrogen-bond donors (Lipinski definition) is 3. The van der Waals surface area contributed by atoms with E-state index in [1.54, 1.807) is 6.07 Å². The molecule has 0 radical (unpaired) electrons. The van der Waals surface area contributed by atoms with Crippen LogP contribution in [0.4, 0.5) is 25.8 Å². The molecule has 0 bridgehead atoms. The molecular formula is C28H35ClF2N10O3. The summed E-state index contributed by atoms with van der Waals surface area (Å²) < 4.78 is 36.5. The Kier molecular flexibility index (Phi) is 10.2. The Morgan fingerprint density at radius 3 is 2.50 bits per heavy atom. The lowest BCUT2D eigenvalue weighted by molar-refractivity contribution is 0.0374. The lowest BCUT2D eigenvalue weighted by Crippen LogP contribution is -2.46. The zero-order valence-electron chi connectivity index (χ0n) is 24.4. The molecule has 5 rings (SSSR count). The van der Waals surface area contributed by atoms with Crippen molar-refractivity contribution in [2.75, 3.05) is 88.1 Å². The molecule has 2 aromatic heterocycles. The maximum atomic E-state index is 16.3. The average Bonchev–Trinajstić information content (AvgIpc) is 3.53. The summed E-state index contributed by atoms with van der Waals surface area (Å²) >= 11 is 6.02. The monoisotopic (exact) mass is 632 g/mol. The van der Waals surface area contributed by atoms with Crippen LogP contribution in [-0.4, -0.2) is 114 Å². The molecule has 0 unspecified atom stereocenters. The fraction of sp³-hybridized carbons (Fsp3) is 0.464. The third-order valence-electron chi connectivity index (χ3n) is 7.71. The van der Waals surface area contributed by atoms with E-state index in [1.807, 2.05) is 4.90 Å². The normalized spacial score (nSPS) is 16.2. The van der Waals surface area contributed by atoms with Gasteiger partial charge in [-0.05, 0) is 37.7 Å². The number of benzene rings is 1. The molecule has 1 aromatic carbocycles. The van der Waals surface area contributed by atoms with Gasteiger partial charge in [-0.1, -0.05) is 23.7 Å². The van der Waals surface area contributed by atoms with Crippen molar-refractivity contribution in [1.82, 2.24) is 35.1 Å². The molecule has 2 saturated heterocycles. The van der Waals surface area contributed by atoms with Gasteiger partial charge in [0.25, 0.3) is 11.8 Å². The fourth-order valence-electron chi connectivity index (χ4n) is 5.15. The first-order chi connectivity index (χ1) is 21.2. The summed E-state index contributed by atoms with van der Waals surface area (Å²) in [4.78, 5) is 35.9. The van der Waals surface area contributed by atoms with E-state index in [0.29, 0.717) is 38.5 Å². The number of carbonyl (C=O) groups excluding carboxylic acids is 2. The van der Waals surface area contributed by atoms with Crippen LogP contribution < -0.4 is 21.3 Å². The van der Waals surface area contributed by atoms with E-state index >= 15 is 4.39 Å². The number of carbonyl (C=O) groups is 2. The van der Waals surface area contributed by atoms with E-state index in [1.165, 1.54) is 12.3 Å². The van der Waals surface area contributed by atoms with Gasteiger partial charge in [-0.25, -0.2) is 14.1 Å². The molecule has 236 valence electrons. The number of rotatable bonds is 10. The van der Waals surface area contributed by atoms with Crippen LogP contribution in [0.3, 0.4) is 0 Å². The number of pyridine rings is 1. The van der Waals surface area contributed by atoms with Gasteiger partial charge in [0.15, 0.2) is 11.5 Å². The van der Waals surface area contributed by atoms with Crippen LogP contribution in [0.1, 0.15) is 34.2 Å². The molecule has 0 spiro atoms. The first kappa shape index (κ1) is 31.5. The van der Waals surface area contributed by atoms with Gasteiger partial charge in [-0.2, -0.15) is 4.39 Å². The molecule has 0 saturated carbocycles. The Hall–Kier alpha value is -3.92. The van der Waals surface area contributed by atoms with Crippen LogP contribution in [0, 0.1) is 11.8 Å². The van der Waals surface area contributed by atoms with Crippen LogP contribution >= 0.6 is 11.6 Å². The van der Waals surface area contributed by atoms with Gasteiger partial charge in [0.1, 0.15) is 16.5 Å². The summed E-state index contributed by atoms with van der Waals surface area (Å²) in [6, 6.07) is 4.22. The third-order valence-corrected chi connectivity index (χ3v) is 8.00. The topological polar surface area (TPSA) is 147 Å². The maximum Gasteiger partial charge on any atom is 0.273 e. The number of likely N-dealkylation sites (N-methyl/N-ethyl adjacent to an activating group) is 1. The summed E-state index contributed by atoms with van der Waals surface area (Å²) in [5.74, 6) is -3.09. The number of nitrogens with two attached hydrogens (primary N) is 1. The minimum absolute atomic E-state index is 0.0146. The SMILES string of the molecule is CCN1CCN(c2ccc(-n3cc(C(=O)NCCCN4CCOCC4)nn3)c(F)c2NC(=O)c2cc(N)c(F)nc2Cl)CC1. The number of piperazine rings is 1. The highest BCUT2D eigenvalue weighted by Gasteiger charge is 2.26. The number of nitrogen functional groups attached to an aromatic ring is 1. The molecule has 4 N–H and O–H groups in total. The van der Waals surface area contributed by atoms with Crippen molar-refractivity contribution in [3.05, 3.63) is 52.6 Å². The number of aromatic nitrogens is 4. The summed E-state index contributed by atoms with van der Waals surface area (Å²) in [5.41, 5.74) is 5.28. The average molecular weight is 633 g/mol. The van der Waals surface area contributed by atoms with Crippen LogP contribution in [0.15, 0.2) is 24.4 Å². The largest absolute Gasteiger partial charge is 0.395 e. The minimum atomic E-state index is -1.02. The molecule has 2 aliphatic rings. The number of morpholine rings is 1. The van der Waals surface area contributed by atoms with Crippen LogP contribution in [0.25, 0.3) is 5.69 Å². The molecule has 3 aromatic rings. The van der Waals surface area contributed by atoms with Crippen molar-refractivity contribution in [3.8, 4) is 5.69 Å². The zero-order valence-corrected chi connectivity index (χ0v) is 25.1. The standard InChI is InChI=1S/C28H35ClF2N10O3/c1-2-38-8-10-40(11-9-38)22-5-4-21(23(30)24(22)34-27(42)18-16-19(32)26(31)35-25(18)29)41-17-20(36-37-41)28(43)33-6-3-7-39-12-14-44-15-13-39/h4-5,16-17H,2-3,6-15,32H2,1H3,(H,33,43)(H,34,42). The predicted molar refractivity (Wildman–Crippen MR) is 161 cm³/mol. The fourth-order valence-corrected chi connectivity index (χ4v) is 5.36. The molecule has 2 fully saturated rings. The van der Waals surface area contributed by atoms with E-state index in [-0.39, 0.29) is 28.3 Å². The van der Waals surface area contributed by atoms with Gasteiger partial charge in [0.2, 0.25) is 5.95 Å². The van der Waals surface area contributed by atoms with Gasteiger partial charge >= 0.3 is 0 Å². The molecule has 2 amide bonds. The molecule has 0 atom stereocenters. The Morgan fingerprint density at radius 2 is 1.77 bits per heavy atom. The molecule has 16 heteroatoms. The molecular weight excluding hydrogens is 598 g/mol. The Bertz CT molecular complexity index is 1490. The van der Waals surface area contributed by atoms with E-state index in [2.05, 4.69) is 42.7 Å². The van der Waals surface area contributed by atoms with Crippen LogP contribution in [0.2, 0.25) is 5.15 Å².